The quantitative estimate of drug-likeness (QED) is 0.751. The van der Waals surface area contributed by atoms with E-state index in [1.54, 1.807) is 6.07 Å². The van der Waals surface area contributed by atoms with E-state index in [-0.39, 0.29) is 17.2 Å². The Balaban J connectivity index is 2.08. The Hall–Kier alpha value is -3.04. The Morgan fingerprint density at radius 1 is 1.18 bits per heavy atom. The van der Waals surface area contributed by atoms with Gasteiger partial charge in [0.15, 0.2) is 0 Å². The van der Waals surface area contributed by atoms with Crippen molar-refractivity contribution in [3.8, 4) is 22.8 Å². The van der Waals surface area contributed by atoms with Gasteiger partial charge < -0.3 is 15.6 Å². The number of benzene rings is 1. The third-order valence-corrected chi connectivity index (χ3v) is 2.81. The maximum absolute atomic E-state index is 12.2. The lowest BCUT2D eigenvalue weighted by Gasteiger charge is -2.11. The second-order valence-corrected chi connectivity index (χ2v) is 4.26. The fraction of sp³-hybridized carbons (Fsp3) is 0.0833. The number of phenolic OH excluding ortho intramolecular Hbond substituents is 1. The molecular formula is C12H8F3N5O2. The Kier molecular flexibility index (Phi) is 3.01. The van der Waals surface area contributed by atoms with E-state index < -0.39 is 17.9 Å². The Morgan fingerprint density at radius 3 is 2.64 bits per heavy atom. The van der Waals surface area contributed by atoms with Crippen molar-refractivity contribution in [3.05, 3.63) is 30.5 Å². The van der Waals surface area contributed by atoms with Crippen LogP contribution in [0.3, 0.4) is 0 Å². The highest BCUT2D eigenvalue weighted by molar-refractivity contribution is 5.80. The molecule has 3 N–H and O–H groups in total. The molecule has 0 saturated heterocycles. The molecule has 0 atom stereocenters. The van der Waals surface area contributed by atoms with Crippen molar-refractivity contribution >= 4 is 11.5 Å². The van der Waals surface area contributed by atoms with E-state index in [9.17, 15) is 18.3 Å². The second kappa shape index (κ2) is 4.76. The van der Waals surface area contributed by atoms with Crippen LogP contribution in [0.4, 0.5) is 19.1 Å². The van der Waals surface area contributed by atoms with Gasteiger partial charge in [0, 0.05) is 11.6 Å². The number of aromatic hydroxyl groups is 1. The minimum atomic E-state index is -4.84. The van der Waals surface area contributed by atoms with Gasteiger partial charge in [-0.3, -0.25) is 0 Å². The number of fused-ring (bicyclic) bond motifs is 1. The fourth-order valence-electron chi connectivity index (χ4n) is 1.96. The van der Waals surface area contributed by atoms with Crippen LogP contribution in [0.15, 0.2) is 30.5 Å². The summed E-state index contributed by atoms with van der Waals surface area (Å²) < 4.78 is 41.5. The average Bonchev–Trinajstić information content (AvgIpc) is 2.88. The number of anilines is 1. The van der Waals surface area contributed by atoms with Crippen LogP contribution in [0, 0.1) is 0 Å². The molecule has 2 heterocycles. The number of rotatable bonds is 2. The molecule has 0 spiro atoms. The molecule has 3 aromatic rings. The molecule has 0 fully saturated rings. The molecule has 2 aromatic heterocycles. The predicted molar refractivity (Wildman–Crippen MR) is 69.0 cm³/mol. The lowest BCUT2D eigenvalue weighted by Crippen LogP contribution is -2.17. The lowest BCUT2D eigenvalue weighted by molar-refractivity contribution is -0.274. The van der Waals surface area contributed by atoms with Crippen molar-refractivity contribution in [2.45, 2.75) is 6.36 Å². The number of phenols is 1. The van der Waals surface area contributed by atoms with Crippen LogP contribution >= 0.6 is 0 Å². The van der Waals surface area contributed by atoms with Gasteiger partial charge in [0.25, 0.3) is 0 Å². The monoisotopic (exact) mass is 311 g/mol. The van der Waals surface area contributed by atoms with Gasteiger partial charge in [0.1, 0.15) is 17.2 Å². The predicted octanol–water partition coefficient (Wildman–Crippen LogP) is 1.98. The number of nitrogen functional groups attached to an aromatic ring is 1. The number of nitrogens with two attached hydrogens (primary N) is 1. The van der Waals surface area contributed by atoms with E-state index in [2.05, 4.69) is 20.0 Å². The number of halogens is 3. The van der Waals surface area contributed by atoms with E-state index in [1.807, 2.05) is 0 Å². The molecule has 10 heteroatoms. The molecule has 114 valence electrons. The topological polar surface area (TPSA) is 98.6 Å². The van der Waals surface area contributed by atoms with Gasteiger partial charge in [-0.25, -0.2) is 0 Å². The highest BCUT2D eigenvalue weighted by atomic mass is 19.4. The third-order valence-electron chi connectivity index (χ3n) is 2.81. The molecule has 0 saturated carbocycles. The van der Waals surface area contributed by atoms with Crippen LogP contribution < -0.4 is 10.5 Å². The summed E-state index contributed by atoms with van der Waals surface area (Å²) in [4.78, 5) is 0. The first kappa shape index (κ1) is 13.9. The molecule has 0 unspecified atom stereocenters. The fourth-order valence-corrected chi connectivity index (χ4v) is 1.96. The SMILES string of the molecule is Nc1nnc(-c2ccc(OC(F)(F)F)cc2O)c2ccnn12. The van der Waals surface area contributed by atoms with E-state index >= 15 is 0 Å². The minimum Gasteiger partial charge on any atom is -0.507 e. The molecular weight excluding hydrogens is 303 g/mol. The van der Waals surface area contributed by atoms with Crippen molar-refractivity contribution in [1.82, 2.24) is 19.8 Å². The number of aromatic nitrogens is 4. The molecule has 0 radical (unpaired) electrons. The molecule has 0 aliphatic carbocycles. The van der Waals surface area contributed by atoms with Gasteiger partial charge in [-0.15, -0.1) is 23.4 Å². The number of alkyl halides is 3. The van der Waals surface area contributed by atoms with E-state index in [0.29, 0.717) is 5.52 Å². The first-order chi connectivity index (χ1) is 10.3. The van der Waals surface area contributed by atoms with Crippen molar-refractivity contribution < 1.29 is 23.0 Å². The average molecular weight is 311 g/mol. The Bertz CT molecular complexity index is 846. The zero-order valence-corrected chi connectivity index (χ0v) is 10.7. The van der Waals surface area contributed by atoms with Gasteiger partial charge in [0.2, 0.25) is 5.95 Å². The molecule has 3 rings (SSSR count). The van der Waals surface area contributed by atoms with E-state index in [0.717, 1.165) is 12.1 Å². The summed E-state index contributed by atoms with van der Waals surface area (Å²) >= 11 is 0. The molecule has 0 bridgehead atoms. The summed E-state index contributed by atoms with van der Waals surface area (Å²) in [5.74, 6) is -0.939. The molecule has 0 aliphatic rings. The molecule has 1 aromatic carbocycles. The standard InChI is InChI=1S/C12H8F3N5O2/c13-12(14,15)22-6-1-2-7(9(21)5-6)10-8-3-4-17-20(8)11(16)19-18-10/h1-5,21H,(H2,16,19). The number of hydrogen-bond acceptors (Lipinski definition) is 6. The van der Waals surface area contributed by atoms with Crippen LogP contribution in [0.5, 0.6) is 11.5 Å². The first-order valence-corrected chi connectivity index (χ1v) is 5.90. The van der Waals surface area contributed by atoms with Crippen molar-refractivity contribution in [2.24, 2.45) is 0 Å². The lowest BCUT2D eigenvalue weighted by atomic mass is 10.1. The van der Waals surface area contributed by atoms with Crippen LogP contribution in [0.2, 0.25) is 0 Å². The molecule has 0 aliphatic heterocycles. The smallest absolute Gasteiger partial charge is 0.507 e. The highest BCUT2D eigenvalue weighted by Gasteiger charge is 2.31. The van der Waals surface area contributed by atoms with Gasteiger partial charge >= 0.3 is 6.36 Å². The number of hydrogen-bond donors (Lipinski definition) is 2. The van der Waals surface area contributed by atoms with Crippen molar-refractivity contribution in [3.63, 3.8) is 0 Å². The molecule has 7 nitrogen and oxygen atoms in total. The summed E-state index contributed by atoms with van der Waals surface area (Å²) in [5.41, 5.74) is 6.45. The summed E-state index contributed by atoms with van der Waals surface area (Å²) in [7, 11) is 0. The van der Waals surface area contributed by atoms with Gasteiger partial charge in [0.05, 0.1) is 11.7 Å². The second-order valence-electron chi connectivity index (χ2n) is 4.26. The van der Waals surface area contributed by atoms with Crippen molar-refractivity contribution in [1.29, 1.82) is 0 Å². The van der Waals surface area contributed by atoms with Crippen LogP contribution in [0.25, 0.3) is 16.8 Å². The summed E-state index contributed by atoms with van der Waals surface area (Å²) in [6.45, 7) is 0. The van der Waals surface area contributed by atoms with E-state index in [1.165, 1.54) is 16.8 Å². The maximum Gasteiger partial charge on any atom is 0.573 e. The zero-order chi connectivity index (χ0) is 15.9. The summed E-state index contributed by atoms with van der Waals surface area (Å²) in [6.07, 6.45) is -3.38. The zero-order valence-electron chi connectivity index (χ0n) is 10.7. The molecule has 0 amide bonds. The Morgan fingerprint density at radius 2 is 1.95 bits per heavy atom. The van der Waals surface area contributed by atoms with Crippen LogP contribution in [-0.2, 0) is 0 Å². The highest BCUT2D eigenvalue weighted by Crippen LogP contribution is 2.35. The van der Waals surface area contributed by atoms with Crippen LogP contribution in [0.1, 0.15) is 0 Å². The number of nitrogens with zero attached hydrogens (tertiary/aromatic N) is 4. The van der Waals surface area contributed by atoms with Gasteiger partial charge in [-0.2, -0.15) is 9.61 Å². The summed E-state index contributed by atoms with van der Waals surface area (Å²) in [6, 6.07) is 4.73. The summed E-state index contributed by atoms with van der Waals surface area (Å²) in [5, 5.41) is 21.4. The van der Waals surface area contributed by atoms with Gasteiger partial charge in [-0.1, -0.05) is 0 Å². The first-order valence-electron chi connectivity index (χ1n) is 5.90. The number of ether oxygens (including phenoxy) is 1. The van der Waals surface area contributed by atoms with E-state index in [4.69, 9.17) is 5.73 Å². The third kappa shape index (κ3) is 2.45. The Labute approximate surface area is 120 Å². The van der Waals surface area contributed by atoms with Gasteiger partial charge in [-0.05, 0) is 18.2 Å². The largest absolute Gasteiger partial charge is 0.573 e. The molecule has 22 heavy (non-hydrogen) atoms. The van der Waals surface area contributed by atoms with Crippen molar-refractivity contribution in [2.75, 3.05) is 5.73 Å². The normalized spacial score (nSPS) is 11.8. The minimum absolute atomic E-state index is 0.0419. The van der Waals surface area contributed by atoms with Crippen LogP contribution in [-0.4, -0.2) is 31.3 Å². The maximum atomic E-state index is 12.2.